The van der Waals surface area contributed by atoms with Gasteiger partial charge in [-0.3, -0.25) is 4.79 Å². The molecular weight excluding hydrogens is 307 g/mol. The SMILES string of the molecule is CCCN(CCC)C(=O)CC(C)NP(=S)(OCC)OCC. The molecule has 0 aromatic carbocycles. The molecule has 0 spiro atoms. The number of carbonyl (C=O) groups is 1. The molecular formula is C14H31N2O3PS. The summed E-state index contributed by atoms with van der Waals surface area (Å²) in [5, 5.41) is 3.20. The van der Waals surface area contributed by atoms with Gasteiger partial charge >= 0.3 is 0 Å². The maximum absolute atomic E-state index is 12.3. The van der Waals surface area contributed by atoms with Gasteiger partial charge in [0.05, 0.1) is 13.2 Å². The van der Waals surface area contributed by atoms with E-state index in [0.29, 0.717) is 19.6 Å². The maximum Gasteiger partial charge on any atom is 0.261 e. The summed E-state index contributed by atoms with van der Waals surface area (Å²) in [6.45, 7) is 10.0. The molecule has 0 fully saturated rings. The lowest BCUT2D eigenvalue weighted by atomic mass is 10.2. The lowest BCUT2D eigenvalue weighted by molar-refractivity contribution is -0.131. The van der Waals surface area contributed by atoms with Crippen molar-refractivity contribution in [3.63, 3.8) is 0 Å². The highest BCUT2D eigenvalue weighted by Gasteiger charge is 2.23. The average Bonchev–Trinajstić information content (AvgIpc) is 2.38. The minimum absolute atomic E-state index is 0.0577. The van der Waals surface area contributed by atoms with Crippen molar-refractivity contribution in [3.05, 3.63) is 0 Å². The molecule has 0 saturated carbocycles. The molecule has 0 aliphatic heterocycles. The van der Waals surface area contributed by atoms with Crippen molar-refractivity contribution in [2.45, 2.75) is 59.9 Å². The Morgan fingerprint density at radius 1 is 1.14 bits per heavy atom. The molecule has 0 saturated heterocycles. The van der Waals surface area contributed by atoms with E-state index in [1.54, 1.807) is 0 Å². The second-order valence-electron chi connectivity index (χ2n) is 4.95. The molecule has 0 aliphatic rings. The summed E-state index contributed by atoms with van der Waals surface area (Å²) in [4.78, 5) is 14.2. The average molecular weight is 338 g/mol. The fourth-order valence-electron chi connectivity index (χ4n) is 2.06. The molecule has 0 aliphatic carbocycles. The highest BCUT2D eigenvalue weighted by molar-refractivity contribution is 8.09. The second-order valence-corrected chi connectivity index (χ2v) is 8.16. The highest BCUT2D eigenvalue weighted by atomic mass is 32.5. The van der Waals surface area contributed by atoms with E-state index in [-0.39, 0.29) is 11.9 Å². The van der Waals surface area contributed by atoms with E-state index in [9.17, 15) is 4.79 Å². The van der Waals surface area contributed by atoms with E-state index < -0.39 is 6.64 Å². The summed E-state index contributed by atoms with van der Waals surface area (Å²) in [6.07, 6.45) is 2.37. The van der Waals surface area contributed by atoms with Crippen LogP contribution in [0.1, 0.15) is 53.9 Å². The lowest BCUT2D eigenvalue weighted by Gasteiger charge is -2.27. The third-order valence-electron chi connectivity index (χ3n) is 2.80. The lowest BCUT2D eigenvalue weighted by Crippen LogP contribution is -2.37. The van der Waals surface area contributed by atoms with Crippen molar-refractivity contribution in [1.29, 1.82) is 0 Å². The molecule has 1 amide bonds. The van der Waals surface area contributed by atoms with Gasteiger partial charge in [-0.15, -0.1) is 0 Å². The summed E-state index contributed by atoms with van der Waals surface area (Å²) >= 11 is 5.43. The third-order valence-corrected chi connectivity index (χ3v) is 5.70. The largest absolute Gasteiger partial charge is 0.343 e. The van der Waals surface area contributed by atoms with Crippen LogP contribution in [-0.2, 0) is 25.6 Å². The quantitative estimate of drug-likeness (QED) is 0.553. The smallest absolute Gasteiger partial charge is 0.261 e. The summed E-state index contributed by atoms with van der Waals surface area (Å²) in [6, 6.07) is -0.0577. The number of rotatable bonds is 12. The summed E-state index contributed by atoms with van der Waals surface area (Å²) in [5.74, 6) is 0.160. The van der Waals surface area contributed by atoms with Gasteiger partial charge in [-0.2, -0.15) is 0 Å². The first-order chi connectivity index (χ1) is 9.92. The summed E-state index contributed by atoms with van der Waals surface area (Å²) in [7, 11) is 0. The van der Waals surface area contributed by atoms with Gasteiger partial charge in [0.2, 0.25) is 5.91 Å². The Bertz CT molecular complexity index is 326. The van der Waals surface area contributed by atoms with E-state index in [4.69, 9.17) is 20.9 Å². The molecule has 0 radical (unpaired) electrons. The van der Waals surface area contributed by atoms with Crippen LogP contribution in [0.5, 0.6) is 0 Å². The summed E-state index contributed by atoms with van der Waals surface area (Å²) in [5.41, 5.74) is 0. The van der Waals surface area contributed by atoms with E-state index in [1.165, 1.54) is 0 Å². The van der Waals surface area contributed by atoms with Crippen LogP contribution in [-0.4, -0.2) is 43.2 Å². The zero-order valence-electron chi connectivity index (χ0n) is 14.1. The standard InChI is InChI=1S/C14H31N2O3PS/c1-6-10-16(11-7-2)14(17)12-13(5)15-20(21,18-8-3)19-9-4/h13H,6-12H2,1-5H3,(H,15,21). The Hall–Kier alpha value is -0.0000000000000000694. The van der Waals surface area contributed by atoms with E-state index >= 15 is 0 Å². The van der Waals surface area contributed by atoms with Crippen LogP contribution in [0.3, 0.4) is 0 Å². The zero-order valence-corrected chi connectivity index (χ0v) is 15.8. The molecule has 0 rings (SSSR count). The fourth-order valence-corrected chi connectivity index (χ4v) is 4.77. The molecule has 0 bridgehead atoms. The zero-order chi connectivity index (χ0) is 16.3. The van der Waals surface area contributed by atoms with E-state index in [2.05, 4.69) is 18.9 Å². The van der Waals surface area contributed by atoms with Gasteiger partial charge in [0.15, 0.2) is 0 Å². The van der Waals surface area contributed by atoms with E-state index in [0.717, 1.165) is 25.9 Å². The van der Waals surface area contributed by atoms with Crippen LogP contribution in [0.4, 0.5) is 0 Å². The molecule has 0 aromatic heterocycles. The van der Waals surface area contributed by atoms with Crippen LogP contribution in [0.15, 0.2) is 0 Å². The Balaban J connectivity index is 4.53. The minimum Gasteiger partial charge on any atom is -0.343 e. The molecule has 0 heterocycles. The van der Waals surface area contributed by atoms with Crippen molar-refractivity contribution in [2.24, 2.45) is 0 Å². The van der Waals surface area contributed by atoms with Crippen molar-refractivity contribution in [1.82, 2.24) is 9.99 Å². The fraction of sp³-hybridized carbons (Fsp3) is 0.929. The Morgan fingerprint density at radius 3 is 2.00 bits per heavy atom. The van der Waals surface area contributed by atoms with Gasteiger partial charge in [0, 0.05) is 25.6 Å². The van der Waals surface area contributed by atoms with Gasteiger partial charge < -0.3 is 13.9 Å². The van der Waals surface area contributed by atoms with E-state index in [1.807, 2.05) is 25.7 Å². The van der Waals surface area contributed by atoms with Crippen LogP contribution in [0.25, 0.3) is 0 Å². The normalized spacial score (nSPS) is 13.2. The number of carbonyl (C=O) groups excluding carboxylic acids is 1. The van der Waals surface area contributed by atoms with Gasteiger partial charge in [0.25, 0.3) is 6.64 Å². The third kappa shape index (κ3) is 8.89. The number of nitrogens with one attached hydrogen (secondary N) is 1. The van der Waals surface area contributed by atoms with Gasteiger partial charge in [0.1, 0.15) is 0 Å². The van der Waals surface area contributed by atoms with Gasteiger partial charge in [-0.05, 0) is 45.4 Å². The van der Waals surface area contributed by atoms with Crippen LogP contribution in [0, 0.1) is 0 Å². The maximum atomic E-state index is 12.3. The number of nitrogens with zero attached hydrogens (tertiary/aromatic N) is 1. The van der Waals surface area contributed by atoms with Crippen molar-refractivity contribution in [2.75, 3.05) is 26.3 Å². The van der Waals surface area contributed by atoms with Crippen LogP contribution < -0.4 is 5.09 Å². The van der Waals surface area contributed by atoms with Crippen LogP contribution in [0.2, 0.25) is 0 Å². The number of hydrogen-bond donors (Lipinski definition) is 1. The molecule has 1 atom stereocenters. The Kier molecular flexibility index (Phi) is 11.6. The van der Waals surface area contributed by atoms with Gasteiger partial charge in [-0.1, -0.05) is 13.8 Å². The van der Waals surface area contributed by atoms with Crippen molar-refractivity contribution >= 4 is 24.4 Å². The minimum atomic E-state index is -2.48. The molecule has 126 valence electrons. The molecule has 21 heavy (non-hydrogen) atoms. The van der Waals surface area contributed by atoms with Crippen molar-refractivity contribution in [3.8, 4) is 0 Å². The highest BCUT2D eigenvalue weighted by Crippen LogP contribution is 2.44. The molecule has 1 unspecified atom stereocenters. The molecule has 0 aromatic rings. The molecule has 7 heteroatoms. The predicted octanol–water partition coefficient (Wildman–Crippen LogP) is 3.30. The predicted molar refractivity (Wildman–Crippen MR) is 91.9 cm³/mol. The van der Waals surface area contributed by atoms with Crippen molar-refractivity contribution < 1.29 is 13.8 Å². The monoisotopic (exact) mass is 338 g/mol. The Labute approximate surface area is 135 Å². The molecule has 5 nitrogen and oxygen atoms in total. The first kappa shape index (κ1) is 21.0. The first-order valence-corrected chi connectivity index (χ1v) is 10.5. The number of amides is 1. The topological polar surface area (TPSA) is 50.8 Å². The first-order valence-electron chi connectivity index (χ1n) is 7.87. The van der Waals surface area contributed by atoms with Crippen LogP contribution >= 0.6 is 6.64 Å². The second kappa shape index (κ2) is 11.6. The molecule has 1 N–H and O–H groups in total. The number of hydrogen-bond acceptors (Lipinski definition) is 4. The van der Waals surface area contributed by atoms with Gasteiger partial charge in [-0.25, -0.2) is 5.09 Å². The Morgan fingerprint density at radius 2 is 1.62 bits per heavy atom. The summed E-state index contributed by atoms with van der Waals surface area (Å²) < 4.78 is 11.1.